The summed E-state index contributed by atoms with van der Waals surface area (Å²) in [6.07, 6.45) is 2.23. The third-order valence-corrected chi connectivity index (χ3v) is 4.24. The zero-order chi connectivity index (χ0) is 16.2. The Labute approximate surface area is 135 Å². The summed E-state index contributed by atoms with van der Waals surface area (Å²) in [5, 5.41) is 2.82. The van der Waals surface area contributed by atoms with Crippen molar-refractivity contribution in [3.63, 3.8) is 0 Å². The number of hydrogen-bond donors (Lipinski definition) is 2. The number of aromatic amines is 1. The summed E-state index contributed by atoms with van der Waals surface area (Å²) in [6, 6.07) is 4.08. The average Bonchev–Trinajstić information content (AvgIpc) is 3.18. The number of nitrogens with one attached hydrogen (secondary N) is 2. The van der Waals surface area contributed by atoms with Crippen molar-refractivity contribution in [1.82, 2.24) is 15.3 Å². The predicted octanol–water partition coefficient (Wildman–Crippen LogP) is 1.99. The molecule has 23 heavy (non-hydrogen) atoms. The van der Waals surface area contributed by atoms with Crippen LogP contribution in [0.2, 0.25) is 0 Å². The number of nitrogens with zero attached hydrogens (tertiary/aromatic N) is 1. The summed E-state index contributed by atoms with van der Waals surface area (Å²) in [4.78, 5) is 19.6. The second-order valence-electron chi connectivity index (χ2n) is 6.01. The Morgan fingerprint density at radius 2 is 2.35 bits per heavy atom. The van der Waals surface area contributed by atoms with Crippen LogP contribution in [0.25, 0.3) is 11.0 Å². The molecule has 2 N–H and O–H groups in total. The highest BCUT2D eigenvalue weighted by atomic mass is 16.5. The number of carbonyl (C=O) groups is 1. The maximum atomic E-state index is 11.8. The Morgan fingerprint density at radius 1 is 1.48 bits per heavy atom. The summed E-state index contributed by atoms with van der Waals surface area (Å²) in [5.74, 6) is 0.609. The quantitative estimate of drug-likeness (QED) is 0.854. The molecule has 1 fully saturated rings. The lowest BCUT2D eigenvalue weighted by molar-refractivity contribution is -0.127. The third kappa shape index (κ3) is 3.89. The van der Waals surface area contributed by atoms with Crippen molar-refractivity contribution in [2.75, 3.05) is 19.8 Å². The van der Waals surface area contributed by atoms with E-state index in [1.165, 1.54) is 5.56 Å². The number of imidazole rings is 1. The minimum atomic E-state index is -0.142. The minimum Gasteiger partial charge on any atom is -0.376 e. The van der Waals surface area contributed by atoms with Gasteiger partial charge in [0.05, 0.1) is 30.3 Å². The van der Waals surface area contributed by atoms with Gasteiger partial charge in [-0.25, -0.2) is 4.98 Å². The van der Waals surface area contributed by atoms with Gasteiger partial charge >= 0.3 is 0 Å². The molecule has 0 radical (unpaired) electrons. The second-order valence-corrected chi connectivity index (χ2v) is 6.01. The molecule has 1 aromatic carbocycles. The highest BCUT2D eigenvalue weighted by Gasteiger charge is 2.16. The molecule has 1 atom stereocenters. The van der Waals surface area contributed by atoms with Gasteiger partial charge in [-0.1, -0.05) is 6.07 Å². The molecule has 0 spiro atoms. The van der Waals surface area contributed by atoms with E-state index in [1.54, 1.807) is 0 Å². The van der Waals surface area contributed by atoms with Crippen molar-refractivity contribution in [2.24, 2.45) is 0 Å². The van der Waals surface area contributed by atoms with Crippen molar-refractivity contribution < 1.29 is 14.3 Å². The van der Waals surface area contributed by atoms with Gasteiger partial charge in [0.1, 0.15) is 12.4 Å². The van der Waals surface area contributed by atoms with E-state index in [0.29, 0.717) is 13.2 Å². The van der Waals surface area contributed by atoms with E-state index in [2.05, 4.69) is 35.2 Å². The van der Waals surface area contributed by atoms with Gasteiger partial charge in [-0.15, -0.1) is 0 Å². The van der Waals surface area contributed by atoms with Gasteiger partial charge in [-0.05, 0) is 43.9 Å². The van der Waals surface area contributed by atoms with Crippen molar-refractivity contribution in [1.29, 1.82) is 0 Å². The Kier molecular flexibility index (Phi) is 4.93. The molecule has 1 aliphatic rings. The highest BCUT2D eigenvalue weighted by molar-refractivity contribution is 5.80. The molecular weight excluding hydrogens is 294 g/mol. The van der Waals surface area contributed by atoms with Crippen LogP contribution >= 0.6 is 0 Å². The van der Waals surface area contributed by atoms with Crippen LogP contribution in [0.15, 0.2) is 12.1 Å². The lowest BCUT2D eigenvalue weighted by atomic mass is 10.1. The lowest BCUT2D eigenvalue weighted by Gasteiger charge is -2.09. The number of aryl methyl sites for hydroxylation is 2. The van der Waals surface area contributed by atoms with Crippen LogP contribution in [-0.4, -0.2) is 41.8 Å². The summed E-state index contributed by atoms with van der Waals surface area (Å²) in [7, 11) is 0. The Balaban J connectivity index is 1.47. The van der Waals surface area contributed by atoms with E-state index < -0.39 is 0 Å². The first-order chi connectivity index (χ1) is 11.1. The van der Waals surface area contributed by atoms with Crippen LogP contribution in [0, 0.1) is 13.8 Å². The number of aromatic nitrogens is 2. The highest BCUT2D eigenvalue weighted by Crippen LogP contribution is 2.19. The number of ether oxygens (including phenoxy) is 2. The molecule has 3 rings (SSSR count). The van der Waals surface area contributed by atoms with Gasteiger partial charge in [0, 0.05) is 6.61 Å². The maximum absolute atomic E-state index is 11.8. The fourth-order valence-electron chi connectivity index (χ4n) is 2.74. The van der Waals surface area contributed by atoms with E-state index in [4.69, 9.17) is 9.47 Å². The van der Waals surface area contributed by atoms with Gasteiger partial charge in [-0.3, -0.25) is 4.79 Å². The largest absolute Gasteiger partial charge is 0.376 e. The molecule has 124 valence electrons. The summed E-state index contributed by atoms with van der Waals surface area (Å²) < 4.78 is 10.8. The van der Waals surface area contributed by atoms with Crippen LogP contribution in [0.1, 0.15) is 29.8 Å². The van der Waals surface area contributed by atoms with Gasteiger partial charge in [0.25, 0.3) is 0 Å². The van der Waals surface area contributed by atoms with Crippen LogP contribution in [0.4, 0.5) is 0 Å². The van der Waals surface area contributed by atoms with E-state index >= 15 is 0 Å². The molecule has 2 heterocycles. The van der Waals surface area contributed by atoms with Crippen LogP contribution < -0.4 is 5.32 Å². The van der Waals surface area contributed by atoms with Crippen LogP contribution in [-0.2, 0) is 20.8 Å². The lowest BCUT2D eigenvalue weighted by Crippen LogP contribution is -2.29. The number of benzene rings is 1. The zero-order valence-corrected chi connectivity index (χ0v) is 13.6. The van der Waals surface area contributed by atoms with Crippen molar-refractivity contribution >= 4 is 16.9 Å². The van der Waals surface area contributed by atoms with Gasteiger partial charge in [0.15, 0.2) is 0 Å². The number of hydrogen-bond acceptors (Lipinski definition) is 4. The molecule has 6 nitrogen and oxygen atoms in total. The average molecular weight is 317 g/mol. The van der Waals surface area contributed by atoms with E-state index in [0.717, 1.165) is 41.9 Å². The van der Waals surface area contributed by atoms with Gasteiger partial charge < -0.3 is 19.8 Å². The number of carbonyl (C=O) groups excluding carboxylic acids is 1. The molecule has 0 saturated carbocycles. The number of fused-ring (bicyclic) bond motifs is 1. The first-order valence-corrected chi connectivity index (χ1v) is 8.04. The Hall–Kier alpha value is -1.92. The predicted molar refractivity (Wildman–Crippen MR) is 87.2 cm³/mol. The number of rotatable bonds is 6. The summed E-state index contributed by atoms with van der Waals surface area (Å²) in [5.41, 5.74) is 4.33. The molecule has 0 aliphatic carbocycles. The molecule has 1 saturated heterocycles. The third-order valence-electron chi connectivity index (χ3n) is 4.24. The Morgan fingerprint density at radius 3 is 3.13 bits per heavy atom. The maximum Gasteiger partial charge on any atom is 0.246 e. The SMILES string of the molecule is Cc1ccc2[nH]c(CNC(=O)COC[C@H]3CCCO3)nc2c1C. The smallest absolute Gasteiger partial charge is 0.246 e. The molecule has 0 unspecified atom stereocenters. The molecule has 1 amide bonds. The summed E-state index contributed by atoms with van der Waals surface area (Å²) >= 11 is 0. The molecule has 2 aromatic rings. The first-order valence-electron chi connectivity index (χ1n) is 8.04. The van der Waals surface area contributed by atoms with Crippen molar-refractivity contribution in [3.8, 4) is 0 Å². The second kappa shape index (κ2) is 7.10. The minimum absolute atomic E-state index is 0.0538. The molecule has 1 aromatic heterocycles. The summed E-state index contributed by atoms with van der Waals surface area (Å²) in [6.45, 7) is 5.82. The molecular formula is C17H23N3O3. The van der Waals surface area contributed by atoms with Crippen LogP contribution in [0.3, 0.4) is 0 Å². The first kappa shape index (κ1) is 16.0. The Bertz CT molecular complexity index is 690. The van der Waals surface area contributed by atoms with Gasteiger partial charge in [0.2, 0.25) is 5.91 Å². The zero-order valence-electron chi connectivity index (χ0n) is 13.6. The molecule has 1 aliphatic heterocycles. The van der Waals surface area contributed by atoms with Crippen LogP contribution in [0.5, 0.6) is 0 Å². The number of amides is 1. The molecule has 6 heteroatoms. The molecule has 0 bridgehead atoms. The fraction of sp³-hybridized carbons (Fsp3) is 0.529. The fourth-order valence-corrected chi connectivity index (χ4v) is 2.74. The monoisotopic (exact) mass is 317 g/mol. The van der Waals surface area contributed by atoms with Crippen molar-refractivity contribution in [2.45, 2.75) is 39.3 Å². The van der Waals surface area contributed by atoms with Gasteiger partial charge in [-0.2, -0.15) is 0 Å². The van der Waals surface area contributed by atoms with E-state index in [1.807, 2.05) is 6.07 Å². The van der Waals surface area contributed by atoms with Crippen molar-refractivity contribution in [3.05, 3.63) is 29.1 Å². The number of H-pyrrole nitrogens is 1. The normalized spacial score (nSPS) is 17.7. The van der Waals surface area contributed by atoms with E-state index in [9.17, 15) is 4.79 Å². The standard InChI is InChI=1S/C17H23N3O3/c1-11-5-6-14-17(12(11)2)20-15(19-14)8-18-16(21)10-22-9-13-4-3-7-23-13/h5-6,13H,3-4,7-10H2,1-2H3,(H,18,21)(H,19,20)/t13-/m1/s1. The van der Waals surface area contributed by atoms with E-state index in [-0.39, 0.29) is 18.6 Å². The topological polar surface area (TPSA) is 76.2 Å².